The van der Waals surface area contributed by atoms with Gasteiger partial charge in [-0.2, -0.15) is 0 Å². The van der Waals surface area contributed by atoms with E-state index < -0.39 is 17.8 Å². The molecule has 11 saturated carbocycles. The van der Waals surface area contributed by atoms with Crippen LogP contribution in [0.5, 0.6) is 0 Å². The summed E-state index contributed by atoms with van der Waals surface area (Å²) in [6, 6.07) is 0. The molecule has 27 nitrogen and oxygen atoms in total. The molecule has 19 aliphatic rings. The highest BCUT2D eigenvalue weighted by atomic mass is 16.6. The highest BCUT2D eigenvalue weighted by Crippen LogP contribution is 2.65. The second kappa shape index (κ2) is 53.3. The van der Waals surface area contributed by atoms with Crippen molar-refractivity contribution in [3.05, 3.63) is 0 Å². The van der Waals surface area contributed by atoms with Crippen LogP contribution in [0.15, 0.2) is 0 Å². The third-order valence-corrected chi connectivity index (χ3v) is 35.1. The number of amides is 10. The molecule has 19 fully saturated rings. The fourth-order valence-electron chi connectivity index (χ4n) is 25.4. The Morgan fingerprint density at radius 2 is 0.708 bits per heavy atom. The summed E-state index contributed by atoms with van der Waals surface area (Å²) in [5.74, 6) is 6.10. The summed E-state index contributed by atoms with van der Waals surface area (Å²) >= 11 is 0. The first-order valence-electron chi connectivity index (χ1n) is 55.6. The monoisotopic (exact) mass is 1930 g/mol. The van der Waals surface area contributed by atoms with Gasteiger partial charge >= 0.3 is 42.7 Å². The Morgan fingerprint density at radius 3 is 1.08 bits per heavy atom. The Hall–Kier alpha value is -6.38. The molecule has 19 rings (SSSR count). The quantitative estimate of drug-likeness (QED) is 0.115. The third kappa shape index (κ3) is 33.6. The molecule has 8 aliphatic heterocycles. The Balaban J connectivity index is 0.000000176. The lowest BCUT2D eigenvalue weighted by atomic mass is 9.46. The molecule has 0 spiro atoms. The normalized spacial score (nSPS) is 27.3. The van der Waals surface area contributed by atoms with Crippen LogP contribution in [0.25, 0.3) is 0 Å². The summed E-state index contributed by atoms with van der Waals surface area (Å²) in [7, 11) is 0. The van der Waals surface area contributed by atoms with E-state index in [1.807, 2.05) is 45.3 Å². The fraction of sp³-hybridized carbons (Fsp3) is 0.909. The van der Waals surface area contributed by atoms with Gasteiger partial charge in [0.05, 0.1) is 5.60 Å². The van der Waals surface area contributed by atoms with Gasteiger partial charge in [0.25, 0.3) is 0 Å². The first kappa shape index (κ1) is 114. The van der Waals surface area contributed by atoms with Crippen LogP contribution in [-0.2, 0) is 52.3 Å². The average molecular weight is 1930 g/mol. The number of piperidine rings is 5. The Kier molecular flexibility index (Phi) is 44.4. The van der Waals surface area contributed by atoms with E-state index in [0.717, 1.165) is 281 Å². The van der Waals surface area contributed by atoms with Crippen LogP contribution in [0, 0.1) is 52.8 Å². The topological polar surface area (TPSA) is 302 Å². The molecule has 0 atom stereocenters. The first-order chi connectivity index (χ1) is 64.7. The van der Waals surface area contributed by atoms with Gasteiger partial charge in [0.2, 0.25) is 17.7 Å². The summed E-state index contributed by atoms with van der Waals surface area (Å²) < 4.78 is 46.1. The van der Waals surface area contributed by atoms with Gasteiger partial charge in [-0.15, -0.1) is 0 Å². The van der Waals surface area contributed by atoms with Crippen molar-refractivity contribution in [3.8, 4) is 0 Å². The molecule has 8 bridgehead atoms. The smallest absolute Gasteiger partial charge is 0.417 e. The SMILES string of the molecule is CC(C)(OC(=O)N1CCCC1=O)C12CC3CC(CC(C3)C1)C2.CC(C)(OC(=O)N1CCCCC1)C1CCCCC1.CC(C)C(C)(C)OCN1CCCC1=O.CC1(OC(=O)N2CCCCC2)CCCCC1.CCC(C)(C)OC(=O)N1CCCCC1.CCC(CC)(CC)OC(=O)N1CCCCC1.CCC1(OC(=O)N2CCCC2=O)CCCCC1.O.O=C(OC12CC3CC(CC(C3)C1)C2)N1CCCCC1. The molecule has 11 aliphatic carbocycles. The molecule has 8 saturated heterocycles. The number of ether oxygens (including phenoxy) is 8. The van der Waals surface area contributed by atoms with Gasteiger partial charge in [0.1, 0.15) is 45.9 Å². The lowest BCUT2D eigenvalue weighted by Gasteiger charge is -2.61. The van der Waals surface area contributed by atoms with Crippen molar-refractivity contribution in [2.75, 3.05) is 91.8 Å². The Morgan fingerprint density at radius 1 is 0.358 bits per heavy atom. The minimum atomic E-state index is -0.469. The summed E-state index contributed by atoms with van der Waals surface area (Å²) in [4.78, 5) is 133. The minimum absolute atomic E-state index is 0. The van der Waals surface area contributed by atoms with Gasteiger partial charge in [-0.05, 0) is 399 Å². The molecule has 8 heterocycles. The fourth-order valence-corrected chi connectivity index (χ4v) is 25.4. The van der Waals surface area contributed by atoms with Gasteiger partial charge < -0.3 is 72.8 Å². The molecule has 10 amide bonds. The summed E-state index contributed by atoms with van der Waals surface area (Å²) in [5.41, 5.74) is -1.90. The van der Waals surface area contributed by atoms with E-state index in [1.165, 1.54) is 157 Å². The maximum atomic E-state index is 12.4. The van der Waals surface area contributed by atoms with Gasteiger partial charge in [-0.25, -0.2) is 43.4 Å². The highest BCUT2D eigenvalue weighted by Gasteiger charge is 2.60. The van der Waals surface area contributed by atoms with Crippen molar-refractivity contribution in [2.45, 2.75) is 496 Å². The molecular formula is C110H192N8O19. The lowest BCUT2D eigenvalue weighted by Crippen LogP contribution is -2.58. The number of carbonyl (C=O) groups excluding carboxylic acids is 10. The van der Waals surface area contributed by atoms with Gasteiger partial charge in [-0.3, -0.25) is 14.4 Å². The molecule has 2 N–H and O–H groups in total. The second-order valence-corrected chi connectivity index (χ2v) is 47.1. The van der Waals surface area contributed by atoms with E-state index in [4.69, 9.17) is 37.9 Å². The van der Waals surface area contributed by atoms with Crippen LogP contribution in [0.1, 0.15) is 451 Å². The standard InChI is InChI=1S/C18H27NO3.C16H25NO2.C15H27NO2.C13H21NO3.C13H23NO2.C13H25NO2.2C11H21NO2.H2O/c1-17(2,22-16(21)19-5-3-4-15(19)20)18-9-12-6-13(10-18)8-14(7-12)11-18;18-15(17-4-2-1-3-5-17)19-16-9-12-6-13(10-16)8-14(7-12)11-16;1-15(2,13-9-5-3-6-10-13)18-14(17)16-11-7-4-8-12-16;1-2-13(8-4-3-5-9-13)17-12(16)14-10-6-7-11(14)15;1-13(8-4-2-5-9-13)16-12(15)14-10-6-3-7-11-14;1-4-13(5-2,6-3)16-12(15)14-10-8-7-9-11-14;1-9(2)11(3,4)14-8-12-7-5-6-10(12)13;1-4-11(2,3)14-10(13)12-8-6-5-7-9-12;/h12-14H,3-11H2,1-2H3;12-14H,1-11H2;13H,3-12H2,1-2H3;2-10H2,1H3;2-11H2,1H3;4-11H2,1-3H3;9H,5-8H2,1-4H3;4-9H2,1-3H3;1H2. The van der Waals surface area contributed by atoms with Gasteiger partial charge in [0, 0.05) is 110 Å². The minimum Gasteiger partial charge on any atom is -0.443 e. The molecule has 137 heavy (non-hydrogen) atoms. The van der Waals surface area contributed by atoms with Crippen LogP contribution in [0.3, 0.4) is 0 Å². The van der Waals surface area contributed by atoms with Crippen molar-refractivity contribution in [1.29, 1.82) is 0 Å². The molecule has 0 aromatic carbocycles. The number of likely N-dealkylation sites (tertiary alicyclic amines) is 8. The van der Waals surface area contributed by atoms with Crippen molar-refractivity contribution in [3.63, 3.8) is 0 Å². The van der Waals surface area contributed by atoms with E-state index in [0.29, 0.717) is 50.9 Å². The molecule has 0 unspecified atom stereocenters. The molecule has 786 valence electrons. The Bertz CT molecular complexity index is 3660. The van der Waals surface area contributed by atoms with E-state index in [-0.39, 0.29) is 98.3 Å². The van der Waals surface area contributed by atoms with E-state index in [9.17, 15) is 47.9 Å². The van der Waals surface area contributed by atoms with Gasteiger partial charge in [-0.1, -0.05) is 80.6 Å². The second-order valence-electron chi connectivity index (χ2n) is 47.1. The van der Waals surface area contributed by atoms with E-state index in [2.05, 4.69) is 90.0 Å². The number of carbonyl (C=O) groups is 10. The van der Waals surface area contributed by atoms with Crippen LogP contribution in [0.4, 0.5) is 33.6 Å². The van der Waals surface area contributed by atoms with Crippen LogP contribution < -0.4 is 0 Å². The van der Waals surface area contributed by atoms with Crippen molar-refractivity contribution < 1.29 is 91.3 Å². The molecular weight excluding hydrogens is 1740 g/mol. The third-order valence-electron chi connectivity index (χ3n) is 35.1. The summed E-state index contributed by atoms with van der Waals surface area (Å²) in [5, 5.41) is 0. The predicted octanol–water partition coefficient (Wildman–Crippen LogP) is 25.0. The molecule has 0 aromatic heterocycles. The summed E-state index contributed by atoms with van der Waals surface area (Å²) in [6.45, 7) is 44.2. The molecule has 27 heteroatoms. The van der Waals surface area contributed by atoms with Crippen LogP contribution in [-0.4, -0.2) is 242 Å². The molecule has 0 radical (unpaired) electrons. The summed E-state index contributed by atoms with van der Waals surface area (Å²) in [6.07, 6.45) is 57.7. The highest BCUT2D eigenvalue weighted by molar-refractivity contribution is 5.94. The Labute approximate surface area is 827 Å². The zero-order chi connectivity index (χ0) is 98.5. The van der Waals surface area contributed by atoms with Crippen molar-refractivity contribution in [2.24, 2.45) is 52.8 Å². The first-order valence-corrected chi connectivity index (χ1v) is 55.6. The maximum Gasteiger partial charge on any atom is 0.417 e. The van der Waals surface area contributed by atoms with Crippen molar-refractivity contribution in [1.82, 2.24) is 39.2 Å². The van der Waals surface area contributed by atoms with E-state index in [1.54, 1.807) is 4.90 Å². The molecule has 0 aromatic rings. The maximum absolute atomic E-state index is 12.4. The number of rotatable bonds is 18. The number of hydrogen-bond donors (Lipinski definition) is 0. The number of imide groups is 2. The number of nitrogens with zero attached hydrogens (tertiary/aromatic N) is 8. The lowest BCUT2D eigenvalue weighted by molar-refractivity contribution is -0.167. The van der Waals surface area contributed by atoms with Crippen LogP contribution >= 0.6 is 0 Å². The average Bonchev–Trinajstić information content (AvgIpc) is 1.64. The zero-order valence-electron chi connectivity index (χ0n) is 88.9. The van der Waals surface area contributed by atoms with Crippen LogP contribution in [0.2, 0.25) is 0 Å². The zero-order valence-corrected chi connectivity index (χ0v) is 88.9. The predicted molar refractivity (Wildman–Crippen MR) is 536 cm³/mol. The van der Waals surface area contributed by atoms with Gasteiger partial charge in [0.15, 0.2) is 0 Å². The van der Waals surface area contributed by atoms with Crippen molar-refractivity contribution >= 4 is 60.4 Å². The number of hydrogen-bond acceptors (Lipinski definition) is 18. The van der Waals surface area contributed by atoms with E-state index >= 15 is 0 Å². The largest absolute Gasteiger partial charge is 0.443 e.